The quantitative estimate of drug-likeness (QED) is 0.709. The van der Waals surface area contributed by atoms with E-state index in [0.29, 0.717) is 22.5 Å². The van der Waals surface area contributed by atoms with Crippen LogP contribution in [0, 0.1) is 0 Å². The number of allylic oxidation sites excluding steroid dienone is 2. The number of nitrogens with two attached hydrogens (primary N) is 1. The number of hydrogen-bond acceptors (Lipinski definition) is 3. The first-order valence-electron chi connectivity index (χ1n) is 5.14. The van der Waals surface area contributed by atoms with Gasteiger partial charge in [-0.2, -0.15) is 0 Å². The Labute approximate surface area is 93.0 Å². The van der Waals surface area contributed by atoms with E-state index in [0.717, 1.165) is 0 Å². The first-order chi connectivity index (χ1) is 7.77. The van der Waals surface area contributed by atoms with Crippen molar-refractivity contribution in [1.29, 1.82) is 0 Å². The van der Waals surface area contributed by atoms with Gasteiger partial charge in [0.15, 0.2) is 5.78 Å². The van der Waals surface area contributed by atoms with Crippen LogP contribution >= 0.6 is 0 Å². The van der Waals surface area contributed by atoms with Gasteiger partial charge in [0.2, 0.25) is 0 Å². The molecular formula is C13H10N2O. The lowest BCUT2D eigenvalue weighted by Gasteiger charge is -2.22. The Kier molecular flexibility index (Phi) is 1.88. The molecule has 16 heavy (non-hydrogen) atoms. The zero-order valence-corrected chi connectivity index (χ0v) is 8.55. The number of rotatable bonds is 0. The number of para-hydroxylation sites is 1. The van der Waals surface area contributed by atoms with Crippen LogP contribution in [0.2, 0.25) is 0 Å². The van der Waals surface area contributed by atoms with Crippen molar-refractivity contribution in [3.8, 4) is 0 Å². The molecule has 3 rings (SSSR count). The molecule has 0 fully saturated rings. The summed E-state index contributed by atoms with van der Waals surface area (Å²) in [5.74, 6) is 0.0143. The molecule has 0 saturated carbocycles. The minimum absolute atomic E-state index is 0.0143. The first-order valence-corrected chi connectivity index (χ1v) is 5.14. The number of carbonyl (C=O) groups is 1. The van der Waals surface area contributed by atoms with Gasteiger partial charge in [-0.25, -0.2) is 4.99 Å². The molecule has 1 aromatic carbocycles. The van der Waals surface area contributed by atoms with Crippen molar-refractivity contribution >= 4 is 17.2 Å². The summed E-state index contributed by atoms with van der Waals surface area (Å²) < 4.78 is 0. The second-order valence-corrected chi connectivity index (χ2v) is 3.83. The highest BCUT2D eigenvalue weighted by Gasteiger charge is 2.28. The summed E-state index contributed by atoms with van der Waals surface area (Å²) in [6.07, 6.45) is 5.43. The molecule has 3 nitrogen and oxygen atoms in total. The average Bonchev–Trinajstić information content (AvgIpc) is 2.31. The number of fused-ring (bicyclic) bond motifs is 2. The summed E-state index contributed by atoms with van der Waals surface area (Å²) in [6, 6.07) is 7.06. The molecule has 0 spiro atoms. The molecule has 1 unspecified atom stereocenters. The maximum Gasteiger partial charge on any atom is 0.197 e. The van der Waals surface area contributed by atoms with Gasteiger partial charge in [0.05, 0.1) is 17.4 Å². The van der Waals surface area contributed by atoms with Gasteiger partial charge in [-0.05, 0) is 18.2 Å². The minimum Gasteiger partial charge on any atom is -0.319 e. The number of hydrogen-bond donors (Lipinski definition) is 1. The lowest BCUT2D eigenvalue weighted by Crippen LogP contribution is -2.35. The van der Waals surface area contributed by atoms with Crippen LogP contribution in [0.25, 0.3) is 0 Å². The van der Waals surface area contributed by atoms with E-state index in [2.05, 4.69) is 4.99 Å². The Bertz CT molecular complexity index is 567. The molecule has 1 heterocycles. The van der Waals surface area contributed by atoms with Crippen LogP contribution in [-0.2, 0) is 0 Å². The van der Waals surface area contributed by atoms with Crippen molar-refractivity contribution in [1.82, 2.24) is 0 Å². The highest BCUT2D eigenvalue weighted by Crippen LogP contribution is 2.30. The van der Waals surface area contributed by atoms with Gasteiger partial charge in [-0.15, -0.1) is 0 Å². The molecule has 0 bridgehead atoms. The predicted octanol–water partition coefficient (Wildman–Crippen LogP) is 1.78. The fourth-order valence-corrected chi connectivity index (χ4v) is 1.99. The average molecular weight is 210 g/mol. The van der Waals surface area contributed by atoms with Crippen LogP contribution < -0.4 is 5.73 Å². The topological polar surface area (TPSA) is 55.5 Å². The largest absolute Gasteiger partial charge is 0.319 e. The number of benzene rings is 1. The molecule has 2 N–H and O–H groups in total. The molecule has 0 radical (unpaired) electrons. The van der Waals surface area contributed by atoms with Crippen LogP contribution in [0.4, 0.5) is 5.69 Å². The zero-order valence-electron chi connectivity index (χ0n) is 8.55. The lowest BCUT2D eigenvalue weighted by molar-refractivity contribution is 0.103. The Morgan fingerprint density at radius 1 is 1.25 bits per heavy atom. The molecule has 78 valence electrons. The van der Waals surface area contributed by atoms with Crippen molar-refractivity contribution < 1.29 is 4.79 Å². The number of nitrogens with zero attached hydrogens (tertiary/aromatic N) is 1. The summed E-state index contributed by atoms with van der Waals surface area (Å²) in [6.45, 7) is 0. The van der Waals surface area contributed by atoms with Crippen molar-refractivity contribution in [2.45, 2.75) is 6.04 Å². The van der Waals surface area contributed by atoms with Crippen molar-refractivity contribution in [3.63, 3.8) is 0 Å². The molecular weight excluding hydrogens is 200 g/mol. The maximum absolute atomic E-state index is 12.2. The molecule has 1 aliphatic carbocycles. The third-order valence-electron chi connectivity index (χ3n) is 2.81. The van der Waals surface area contributed by atoms with E-state index in [-0.39, 0.29) is 11.8 Å². The van der Waals surface area contributed by atoms with Crippen molar-refractivity contribution in [2.75, 3.05) is 0 Å². The molecule has 2 aliphatic rings. The molecule has 1 aliphatic heterocycles. The Hall–Kier alpha value is -2.00. The summed E-state index contributed by atoms with van der Waals surface area (Å²) in [7, 11) is 0. The third-order valence-corrected chi connectivity index (χ3v) is 2.81. The Morgan fingerprint density at radius 3 is 2.94 bits per heavy atom. The smallest absolute Gasteiger partial charge is 0.197 e. The molecule has 0 amide bonds. The van der Waals surface area contributed by atoms with Crippen LogP contribution in [-0.4, -0.2) is 17.5 Å². The van der Waals surface area contributed by atoms with E-state index in [1.54, 1.807) is 12.1 Å². The van der Waals surface area contributed by atoms with Gasteiger partial charge >= 0.3 is 0 Å². The second kappa shape index (κ2) is 3.25. The van der Waals surface area contributed by atoms with E-state index in [1.807, 2.05) is 30.4 Å². The number of Topliss-reactive ketones (excluding diaryl/α,β-unsaturated/α-hetero) is 1. The monoisotopic (exact) mass is 210 g/mol. The standard InChI is InChI=1S/C13H10N2O/c14-10-6-3-5-9-12(10)15-11-7-2-1-4-8(11)13(9)16/h1-7,10H,14H2. The molecule has 1 aromatic rings. The third kappa shape index (κ3) is 1.19. The highest BCUT2D eigenvalue weighted by molar-refractivity contribution is 6.34. The van der Waals surface area contributed by atoms with Crippen LogP contribution in [0.15, 0.2) is 53.1 Å². The first kappa shape index (κ1) is 9.24. The lowest BCUT2D eigenvalue weighted by atomic mass is 9.88. The fourth-order valence-electron chi connectivity index (χ4n) is 1.99. The van der Waals surface area contributed by atoms with Gasteiger partial charge in [0.25, 0.3) is 0 Å². The number of carbonyl (C=O) groups excluding carboxylic acids is 1. The van der Waals surface area contributed by atoms with E-state index >= 15 is 0 Å². The summed E-state index contributed by atoms with van der Waals surface area (Å²) in [5, 5.41) is 0. The molecule has 0 aromatic heterocycles. The molecule has 3 heteroatoms. The Morgan fingerprint density at radius 2 is 2.06 bits per heavy atom. The normalized spacial score (nSPS) is 22.1. The number of ketones is 1. The summed E-state index contributed by atoms with van der Waals surface area (Å²) in [5.41, 5.74) is 8.56. The number of aliphatic imine (C=N–C) groups is 1. The van der Waals surface area contributed by atoms with Crippen molar-refractivity contribution in [2.24, 2.45) is 10.7 Å². The van der Waals surface area contributed by atoms with Gasteiger partial charge in [-0.3, -0.25) is 4.79 Å². The van der Waals surface area contributed by atoms with Gasteiger partial charge in [-0.1, -0.05) is 24.3 Å². The van der Waals surface area contributed by atoms with Crippen LogP contribution in [0.1, 0.15) is 10.4 Å². The van der Waals surface area contributed by atoms with Crippen LogP contribution in [0.3, 0.4) is 0 Å². The summed E-state index contributed by atoms with van der Waals surface area (Å²) >= 11 is 0. The fraction of sp³-hybridized carbons (Fsp3) is 0.0769. The predicted molar refractivity (Wildman–Crippen MR) is 63.1 cm³/mol. The van der Waals surface area contributed by atoms with Crippen LogP contribution in [0.5, 0.6) is 0 Å². The molecule has 0 saturated heterocycles. The van der Waals surface area contributed by atoms with Gasteiger partial charge < -0.3 is 5.73 Å². The SMILES string of the molecule is NC1C=CC=C2C(=O)c3ccccc3N=C21. The van der Waals surface area contributed by atoms with Gasteiger partial charge in [0, 0.05) is 11.1 Å². The van der Waals surface area contributed by atoms with E-state index in [4.69, 9.17) is 5.73 Å². The zero-order chi connectivity index (χ0) is 11.1. The molecule has 1 atom stereocenters. The second-order valence-electron chi connectivity index (χ2n) is 3.83. The van der Waals surface area contributed by atoms with E-state index in [1.165, 1.54) is 0 Å². The van der Waals surface area contributed by atoms with Gasteiger partial charge in [0.1, 0.15) is 0 Å². The maximum atomic E-state index is 12.2. The highest BCUT2D eigenvalue weighted by atomic mass is 16.1. The van der Waals surface area contributed by atoms with Crippen molar-refractivity contribution in [3.05, 3.63) is 53.6 Å². The Balaban J connectivity index is 2.26. The van der Waals surface area contributed by atoms with E-state index < -0.39 is 0 Å². The minimum atomic E-state index is -0.280. The summed E-state index contributed by atoms with van der Waals surface area (Å²) in [4.78, 5) is 16.6. The van der Waals surface area contributed by atoms with E-state index in [9.17, 15) is 4.79 Å².